The summed E-state index contributed by atoms with van der Waals surface area (Å²) in [6, 6.07) is 7.33. The lowest BCUT2D eigenvalue weighted by atomic mass is 10.0. The number of ether oxygens (including phenoxy) is 1. The maximum absolute atomic E-state index is 13.6. The predicted molar refractivity (Wildman–Crippen MR) is 114 cm³/mol. The summed E-state index contributed by atoms with van der Waals surface area (Å²) in [5, 5.41) is 3.06. The van der Waals surface area contributed by atoms with Crippen LogP contribution in [0.15, 0.2) is 34.4 Å². The fourth-order valence-electron chi connectivity index (χ4n) is 3.17. The van der Waals surface area contributed by atoms with Gasteiger partial charge >= 0.3 is 5.97 Å². The molecule has 3 rings (SSSR count). The van der Waals surface area contributed by atoms with Gasteiger partial charge in [-0.25, -0.2) is 9.78 Å². The van der Waals surface area contributed by atoms with Crippen LogP contribution >= 0.6 is 22.9 Å². The van der Waals surface area contributed by atoms with E-state index >= 15 is 0 Å². The number of fused-ring (bicyclic) bond motifs is 1. The Bertz CT molecular complexity index is 1080. The summed E-state index contributed by atoms with van der Waals surface area (Å²) in [5.41, 5.74) is 0.260. The second-order valence-corrected chi connectivity index (χ2v) is 8.68. The Morgan fingerprint density at radius 2 is 1.93 bits per heavy atom. The van der Waals surface area contributed by atoms with Crippen molar-refractivity contribution in [3.05, 3.63) is 50.8 Å². The number of esters is 1. The van der Waals surface area contributed by atoms with E-state index in [1.54, 1.807) is 32.9 Å². The quantitative estimate of drug-likeness (QED) is 0.534. The Morgan fingerprint density at radius 1 is 1.29 bits per heavy atom. The van der Waals surface area contributed by atoms with Crippen molar-refractivity contribution in [2.75, 3.05) is 6.61 Å². The fraction of sp³-hybridized carbons (Fsp3) is 0.381. The minimum atomic E-state index is -1.17. The number of aromatic nitrogens is 2. The molecule has 0 N–H and O–H groups in total. The molecule has 0 amide bonds. The molecule has 0 saturated carbocycles. The van der Waals surface area contributed by atoms with Crippen molar-refractivity contribution in [1.29, 1.82) is 0 Å². The minimum Gasteiger partial charge on any atom is -0.464 e. The molecule has 0 aliphatic carbocycles. The van der Waals surface area contributed by atoms with Crippen LogP contribution in [0.2, 0.25) is 5.02 Å². The van der Waals surface area contributed by atoms with Gasteiger partial charge < -0.3 is 4.74 Å². The van der Waals surface area contributed by atoms with E-state index in [1.807, 2.05) is 31.4 Å². The molecule has 1 aromatic carbocycles. The van der Waals surface area contributed by atoms with Crippen LogP contribution in [0.1, 0.15) is 46.4 Å². The lowest BCUT2D eigenvalue weighted by molar-refractivity contribution is -0.152. The topological polar surface area (TPSA) is 61.2 Å². The van der Waals surface area contributed by atoms with Crippen LogP contribution in [0.3, 0.4) is 0 Å². The highest BCUT2D eigenvalue weighted by Crippen LogP contribution is 2.33. The van der Waals surface area contributed by atoms with Gasteiger partial charge in [-0.05, 0) is 38.5 Å². The van der Waals surface area contributed by atoms with Crippen molar-refractivity contribution in [1.82, 2.24) is 9.55 Å². The van der Waals surface area contributed by atoms with Gasteiger partial charge in [0.2, 0.25) is 0 Å². The number of carbonyl (C=O) groups excluding carboxylic acids is 1. The average molecular weight is 419 g/mol. The molecular formula is C21H23ClN2O3S. The third-order valence-corrected chi connectivity index (χ3v) is 5.76. The Morgan fingerprint density at radius 3 is 2.50 bits per heavy atom. The van der Waals surface area contributed by atoms with Gasteiger partial charge in [0.05, 0.1) is 12.0 Å². The molecule has 5 nitrogen and oxygen atoms in total. The summed E-state index contributed by atoms with van der Waals surface area (Å²) in [7, 11) is 0. The molecule has 0 saturated heterocycles. The van der Waals surface area contributed by atoms with E-state index in [0.717, 1.165) is 11.1 Å². The van der Waals surface area contributed by atoms with Gasteiger partial charge in [0.25, 0.3) is 5.56 Å². The molecule has 0 fully saturated rings. The number of thiophene rings is 1. The number of hydrogen-bond acceptors (Lipinski definition) is 5. The monoisotopic (exact) mass is 418 g/mol. The maximum Gasteiger partial charge on any atom is 0.331 e. The molecule has 2 aromatic heterocycles. The zero-order valence-electron chi connectivity index (χ0n) is 16.6. The van der Waals surface area contributed by atoms with Gasteiger partial charge in [-0.15, -0.1) is 11.3 Å². The number of carbonyl (C=O) groups is 1. The minimum absolute atomic E-state index is 0.0353. The summed E-state index contributed by atoms with van der Waals surface area (Å²) in [6.07, 6.45) is 0. The average Bonchev–Trinajstić information content (AvgIpc) is 3.06. The van der Waals surface area contributed by atoms with E-state index in [0.29, 0.717) is 21.1 Å². The fourth-order valence-corrected chi connectivity index (χ4v) is 4.25. The van der Waals surface area contributed by atoms with Crippen LogP contribution in [0.25, 0.3) is 21.3 Å². The number of rotatable bonds is 5. The summed E-state index contributed by atoms with van der Waals surface area (Å²) < 4.78 is 6.72. The van der Waals surface area contributed by atoms with Gasteiger partial charge in [0.1, 0.15) is 16.2 Å². The number of halogens is 1. The maximum atomic E-state index is 13.6. The Labute approximate surface area is 172 Å². The molecule has 7 heteroatoms. The third-order valence-electron chi connectivity index (χ3n) is 4.64. The second-order valence-electron chi connectivity index (χ2n) is 7.38. The normalized spacial score (nSPS) is 12.0. The molecule has 0 atom stereocenters. The summed E-state index contributed by atoms with van der Waals surface area (Å²) in [5.74, 6) is 0.0790. The van der Waals surface area contributed by atoms with Crippen LogP contribution < -0.4 is 5.56 Å². The van der Waals surface area contributed by atoms with Gasteiger partial charge in [-0.3, -0.25) is 9.36 Å². The number of benzene rings is 1. The molecule has 0 spiro atoms. The Kier molecular flexibility index (Phi) is 5.64. The lowest BCUT2D eigenvalue weighted by Crippen LogP contribution is -2.46. The van der Waals surface area contributed by atoms with Crippen LogP contribution in [-0.2, 0) is 15.1 Å². The van der Waals surface area contributed by atoms with Crippen LogP contribution in [-0.4, -0.2) is 22.1 Å². The standard InChI is InChI=1S/C21H23ClN2O3S/c1-6-27-20(26)21(4,5)24-17(12(2)3)23-18-16(19(24)25)15(11-28-18)13-7-9-14(22)10-8-13/h7-12H,6H2,1-5H3. The van der Waals surface area contributed by atoms with E-state index in [2.05, 4.69) is 0 Å². The number of nitrogens with zero attached hydrogens (tertiary/aromatic N) is 2. The highest BCUT2D eigenvalue weighted by Gasteiger charge is 2.36. The van der Waals surface area contributed by atoms with Crippen LogP contribution in [0, 0.1) is 0 Å². The second kappa shape index (κ2) is 7.68. The third kappa shape index (κ3) is 3.47. The van der Waals surface area contributed by atoms with Crippen molar-refractivity contribution in [2.45, 2.75) is 46.1 Å². The van der Waals surface area contributed by atoms with E-state index in [-0.39, 0.29) is 18.1 Å². The largest absolute Gasteiger partial charge is 0.464 e. The smallest absolute Gasteiger partial charge is 0.331 e. The van der Waals surface area contributed by atoms with Crippen molar-refractivity contribution >= 4 is 39.1 Å². The molecule has 2 heterocycles. The summed E-state index contributed by atoms with van der Waals surface area (Å²) in [6.45, 7) is 9.30. The summed E-state index contributed by atoms with van der Waals surface area (Å²) in [4.78, 5) is 31.7. The van der Waals surface area contributed by atoms with Gasteiger partial charge in [0.15, 0.2) is 0 Å². The lowest BCUT2D eigenvalue weighted by Gasteiger charge is -2.28. The SMILES string of the molecule is CCOC(=O)C(C)(C)n1c(C(C)C)nc2scc(-c3ccc(Cl)cc3)c2c1=O. The zero-order valence-corrected chi connectivity index (χ0v) is 18.1. The van der Waals surface area contributed by atoms with Gasteiger partial charge in [0, 0.05) is 21.9 Å². The van der Waals surface area contributed by atoms with Crippen LogP contribution in [0.5, 0.6) is 0 Å². The first-order valence-electron chi connectivity index (χ1n) is 9.16. The van der Waals surface area contributed by atoms with E-state index in [4.69, 9.17) is 21.3 Å². The predicted octanol–water partition coefficient (Wildman–Crippen LogP) is 5.20. The first-order chi connectivity index (χ1) is 13.2. The van der Waals surface area contributed by atoms with E-state index in [9.17, 15) is 9.59 Å². The molecule has 0 bridgehead atoms. The first-order valence-corrected chi connectivity index (χ1v) is 10.4. The highest BCUT2D eigenvalue weighted by molar-refractivity contribution is 7.17. The van der Waals surface area contributed by atoms with Gasteiger partial charge in [-0.1, -0.05) is 37.6 Å². The van der Waals surface area contributed by atoms with Crippen molar-refractivity contribution < 1.29 is 9.53 Å². The van der Waals surface area contributed by atoms with E-state index < -0.39 is 11.5 Å². The molecule has 0 radical (unpaired) electrons. The first kappa shape index (κ1) is 20.6. The van der Waals surface area contributed by atoms with Crippen molar-refractivity contribution in [2.24, 2.45) is 0 Å². The molecule has 0 unspecified atom stereocenters. The Hall–Kier alpha value is -2.18. The summed E-state index contributed by atoms with van der Waals surface area (Å²) >= 11 is 7.42. The molecule has 0 aliphatic rings. The van der Waals surface area contributed by atoms with E-state index in [1.165, 1.54) is 15.9 Å². The highest BCUT2D eigenvalue weighted by atomic mass is 35.5. The zero-order chi connectivity index (χ0) is 20.6. The molecule has 3 aromatic rings. The van der Waals surface area contributed by atoms with Crippen LogP contribution in [0.4, 0.5) is 0 Å². The molecule has 148 valence electrons. The molecular weight excluding hydrogens is 396 g/mol. The van der Waals surface area contributed by atoms with Crippen molar-refractivity contribution in [3.8, 4) is 11.1 Å². The molecule has 0 aliphatic heterocycles. The van der Waals surface area contributed by atoms with Gasteiger partial charge in [-0.2, -0.15) is 0 Å². The van der Waals surface area contributed by atoms with Crippen molar-refractivity contribution in [3.63, 3.8) is 0 Å². The molecule has 28 heavy (non-hydrogen) atoms. The number of hydrogen-bond donors (Lipinski definition) is 0. The Balaban J connectivity index is 2.34.